The average molecular weight is 1060 g/mol. The third kappa shape index (κ3) is 61.4. The third-order valence-corrected chi connectivity index (χ3v) is 16.0. The minimum absolute atomic E-state index is 0.00937. The third-order valence-electron chi connectivity index (χ3n) is 16.0. The molecule has 0 fully saturated rings. The highest BCUT2D eigenvalue weighted by Gasteiger charge is 2.20. The normalized spacial score (nSPS) is 12.6. The van der Waals surface area contributed by atoms with E-state index in [0.29, 0.717) is 25.9 Å². The molecule has 75 heavy (non-hydrogen) atoms. The number of esters is 1. The molecule has 2 unspecified atom stereocenters. The smallest absolute Gasteiger partial charge is 0.305 e. The Morgan fingerprint density at radius 3 is 0.947 bits per heavy atom. The number of amides is 1. The van der Waals surface area contributed by atoms with E-state index in [4.69, 9.17) is 4.74 Å². The lowest BCUT2D eigenvalue weighted by atomic mass is 10.0. The molecule has 0 saturated heterocycles. The largest absolute Gasteiger partial charge is 0.466 e. The summed E-state index contributed by atoms with van der Waals surface area (Å²) in [5.74, 6) is -0.0289. The van der Waals surface area contributed by atoms with Gasteiger partial charge in [-0.3, -0.25) is 9.59 Å². The molecular formula is C69H133NO5. The van der Waals surface area contributed by atoms with Gasteiger partial charge < -0.3 is 20.3 Å². The quantitative estimate of drug-likeness (QED) is 0.0320. The summed E-state index contributed by atoms with van der Waals surface area (Å²) in [6.45, 7) is 4.98. The Morgan fingerprint density at radius 1 is 0.360 bits per heavy atom. The molecule has 0 saturated carbocycles. The van der Waals surface area contributed by atoms with Gasteiger partial charge in [-0.1, -0.05) is 314 Å². The van der Waals surface area contributed by atoms with Crippen LogP contribution in [0.25, 0.3) is 0 Å². The molecule has 1 amide bonds. The van der Waals surface area contributed by atoms with Gasteiger partial charge in [-0.15, -0.1) is 0 Å². The number of aliphatic hydroxyl groups excluding tert-OH is 2. The number of nitrogens with one attached hydrogen (secondary N) is 1. The first-order valence-electron chi connectivity index (χ1n) is 34.1. The van der Waals surface area contributed by atoms with Crippen molar-refractivity contribution in [3.05, 3.63) is 24.3 Å². The molecule has 0 aliphatic rings. The molecule has 0 aromatic carbocycles. The van der Waals surface area contributed by atoms with Crippen LogP contribution < -0.4 is 5.32 Å². The summed E-state index contributed by atoms with van der Waals surface area (Å²) in [4.78, 5) is 24.6. The summed E-state index contributed by atoms with van der Waals surface area (Å²) in [6, 6.07) is -0.546. The van der Waals surface area contributed by atoms with Crippen molar-refractivity contribution in [3.8, 4) is 0 Å². The number of hydrogen-bond acceptors (Lipinski definition) is 5. The first-order chi connectivity index (χ1) is 37.0. The summed E-state index contributed by atoms with van der Waals surface area (Å²) in [5, 5.41) is 23.3. The van der Waals surface area contributed by atoms with Crippen molar-refractivity contribution in [3.63, 3.8) is 0 Å². The summed E-state index contributed by atoms with van der Waals surface area (Å²) >= 11 is 0. The predicted molar refractivity (Wildman–Crippen MR) is 329 cm³/mol. The van der Waals surface area contributed by atoms with Gasteiger partial charge in [0.25, 0.3) is 0 Å². The zero-order valence-electron chi connectivity index (χ0n) is 50.8. The van der Waals surface area contributed by atoms with Gasteiger partial charge in [0.2, 0.25) is 5.91 Å². The fourth-order valence-electron chi connectivity index (χ4n) is 10.7. The maximum absolute atomic E-state index is 12.5. The number of hydrogen-bond donors (Lipinski definition) is 3. The minimum atomic E-state index is -0.668. The second-order valence-electron chi connectivity index (χ2n) is 23.5. The summed E-state index contributed by atoms with van der Waals surface area (Å²) in [7, 11) is 0. The summed E-state index contributed by atoms with van der Waals surface area (Å²) in [5.41, 5.74) is 0. The zero-order valence-corrected chi connectivity index (χ0v) is 50.8. The van der Waals surface area contributed by atoms with E-state index < -0.39 is 12.1 Å². The second-order valence-corrected chi connectivity index (χ2v) is 23.5. The van der Waals surface area contributed by atoms with Crippen LogP contribution in [0.2, 0.25) is 0 Å². The van der Waals surface area contributed by atoms with E-state index in [1.54, 1.807) is 0 Å². The Morgan fingerprint density at radius 2 is 0.627 bits per heavy atom. The lowest BCUT2D eigenvalue weighted by Gasteiger charge is -2.22. The molecule has 0 spiro atoms. The molecule has 3 N–H and O–H groups in total. The van der Waals surface area contributed by atoms with Crippen LogP contribution in [0.15, 0.2) is 24.3 Å². The Balaban J connectivity index is 3.39. The van der Waals surface area contributed by atoms with Gasteiger partial charge in [0.15, 0.2) is 0 Å². The van der Waals surface area contributed by atoms with Gasteiger partial charge in [-0.25, -0.2) is 0 Å². The van der Waals surface area contributed by atoms with Crippen molar-refractivity contribution in [2.45, 2.75) is 392 Å². The van der Waals surface area contributed by atoms with Crippen LogP contribution in [0.4, 0.5) is 0 Å². The van der Waals surface area contributed by atoms with Crippen LogP contribution >= 0.6 is 0 Å². The number of unbranched alkanes of at least 4 members (excludes halogenated alkanes) is 49. The van der Waals surface area contributed by atoms with Crippen LogP contribution in [0.5, 0.6) is 0 Å². The molecule has 6 heteroatoms. The van der Waals surface area contributed by atoms with Crippen molar-refractivity contribution in [1.29, 1.82) is 0 Å². The molecular weight excluding hydrogens is 923 g/mol. The lowest BCUT2D eigenvalue weighted by molar-refractivity contribution is -0.143. The van der Waals surface area contributed by atoms with Crippen LogP contribution in [0, 0.1) is 0 Å². The van der Waals surface area contributed by atoms with E-state index in [1.807, 2.05) is 0 Å². The highest BCUT2D eigenvalue weighted by Crippen LogP contribution is 2.18. The van der Waals surface area contributed by atoms with E-state index in [2.05, 4.69) is 43.5 Å². The van der Waals surface area contributed by atoms with Crippen LogP contribution in [0.1, 0.15) is 380 Å². The standard InChI is InChI=1S/C69H133NO5/c1-3-5-7-9-11-13-15-17-19-21-31-35-39-43-47-51-55-59-63-69(74)75-64-60-56-52-48-44-40-36-32-28-26-24-22-23-25-27-30-34-38-42-46-50-54-58-62-68(73)70-66(65-71)67(72)61-57-53-49-45-41-37-33-29-20-18-16-14-12-10-8-6-4-2/h19,21,25,27,66-67,71-72H,3-18,20,22-24,26,28-65H2,1-2H3,(H,70,73)/b21-19-,27-25-. The molecule has 2 atom stereocenters. The van der Waals surface area contributed by atoms with E-state index in [-0.39, 0.29) is 18.5 Å². The SMILES string of the molecule is CCCCCCCCC/C=C\CCCCCCCCCC(=O)OCCCCCCCCCCCCCC/C=C\CCCCCCCCCC(=O)NC(CO)C(O)CCCCCCCCCCCCCCCCCCC. The highest BCUT2D eigenvalue weighted by molar-refractivity contribution is 5.76. The maximum Gasteiger partial charge on any atom is 0.305 e. The molecule has 0 bridgehead atoms. The fraction of sp³-hybridized carbons (Fsp3) is 0.913. The molecule has 444 valence electrons. The molecule has 0 aliphatic heterocycles. The highest BCUT2D eigenvalue weighted by atomic mass is 16.5. The molecule has 6 nitrogen and oxygen atoms in total. The number of carbonyl (C=O) groups is 2. The zero-order chi connectivity index (χ0) is 54.3. The number of aliphatic hydroxyl groups is 2. The van der Waals surface area contributed by atoms with Crippen LogP contribution in [-0.4, -0.2) is 47.4 Å². The molecule has 0 aliphatic carbocycles. The van der Waals surface area contributed by atoms with Crippen molar-refractivity contribution in [1.82, 2.24) is 5.32 Å². The van der Waals surface area contributed by atoms with E-state index in [0.717, 1.165) is 44.9 Å². The summed E-state index contributed by atoms with van der Waals surface area (Å²) in [6.07, 6.45) is 80.6. The van der Waals surface area contributed by atoms with Crippen molar-refractivity contribution < 1.29 is 24.5 Å². The van der Waals surface area contributed by atoms with Gasteiger partial charge in [-0.2, -0.15) is 0 Å². The predicted octanol–water partition coefficient (Wildman–Crippen LogP) is 21.8. The molecule has 0 heterocycles. The Bertz CT molecular complexity index is 1170. The second kappa shape index (κ2) is 64.9. The van der Waals surface area contributed by atoms with Gasteiger partial charge in [0.1, 0.15) is 0 Å². The van der Waals surface area contributed by atoms with Gasteiger partial charge >= 0.3 is 5.97 Å². The van der Waals surface area contributed by atoms with E-state index in [9.17, 15) is 19.8 Å². The van der Waals surface area contributed by atoms with Gasteiger partial charge in [-0.05, 0) is 77.0 Å². The van der Waals surface area contributed by atoms with Crippen molar-refractivity contribution in [2.75, 3.05) is 13.2 Å². The van der Waals surface area contributed by atoms with Gasteiger partial charge in [0, 0.05) is 12.8 Å². The Hall–Kier alpha value is -1.66. The molecule has 0 aromatic rings. The van der Waals surface area contributed by atoms with Crippen molar-refractivity contribution >= 4 is 11.9 Å². The van der Waals surface area contributed by atoms with Gasteiger partial charge in [0.05, 0.1) is 25.4 Å². The Kier molecular flexibility index (Phi) is 63.4. The topological polar surface area (TPSA) is 95.9 Å². The lowest BCUT2D eigenvalue weighted by Crippen LogP contribution is -2.45. The van der Waals surface area contributed by atoms with Crippen molar-refractivity contribution in [2.24, 2.45) is 0 Å². The molecule has 0 rings (SSSR count). The molecule has 0 radical (unpaired) electrons. The first kappa shape index (κ1) is 73.3. The number of carbonyl (C=O) groups excluding carboxylic acids is 2. The number of rotatable bonds is 64. The molecule has 0 aromatic heterocycles. The van der Waals surface area contributed by atoms with Crippen LogP contribution in [0.3, 0.4) is 0 Å². The summed E-state index contributed by atoms with van der Waals surface area (Å²) < 4.78 is 5.50. The van der Waals surface area contributed by atoms with Crippen LogP contribution in [-0.2, 0) is 14.3 Å². The fourth-order valence-corrected chi connectivity index (χ4v) is 10.7. The Labute approximate surface area is 469 Å². The number of allylic oxidation sites excluding steroid dienone is 4. The van der Waals surface area contributed by atoms with E-state index >= 15 is 0 Å². The number of ether oxygens (including phenoxy) is 1. The minimum Gasteiger partial charge on any atom is -0.466 e. The first-order valence-corrected chi connectivity index (χ1v) is 34.1. The average Bonchev–Trinajstić information content (AvgIpc) is 3.41. The van der Waals surface area contributed by atoms with E-state index in [1.165, 1.54) is 302 Å². The monoisotopic (exact) mass is 1060 g/mol. The maximum atomic E-state index is 12.5.